The molecule has 0 amide bonds. The minimum Gasteiger partial charge on any atom is -0.493 e. The van der Waals surface area contributed by atoms with Crippen LogP contribution in [0, 0.1) is 11.8 Å². The molecule has 3 heterocycles. The van der Waals surface area contributed by atoms with Gasteiger partial charge in [0.25, 0.3) is 0 Å². The van der Waals surface area contributed by atoms with Gasteiger partial charge < -0.3 is 19.3 Å². The second-order valence-corrected chi connectivity index (χ2v) is 21.0. The molecule has 3 aromatic rings. The monoisotopic (exact) mass is 870 g/mol. The van der Waals surface area contributed by atoms with E-state index in [-0.39, 0.29) is 11.7 Å². The number of ether oxygens (including phenoxy) is 2. The molecule has 9 heteroatoms. The molecule has 0 radical (unpaired) electrons. The molecule has 3 aliphatic rings. The summed E-state index contributed by atoms with van der Waals surface area (Å²) in [5, 5.41) is 0.554. The van der Waals surface area contributed by atoms with Crippen molar-refractivity contribution in [2.75, 3.05) is 13.2 Å². The number of hydrogen-bond acceptors (Lipinski definition) is 6. The van der Waals surface area contributed by atoms with Gasteiger partial charge in [-0.25, -0.2) is 0 Å². The smallest absolute Gasteiger partial charge is 0.352 e. The van der Waals surface area contributed by atoms with Crippen LogP contribution in [-0.4, -0.2) is 23.0 Å². The van der Waals surface area contributed by atoms with Crippen molar-refractivity contribution >= 4 is 52.5 Å². The van der Waals surface area contributed by atoms with Crippen LogP contribution in [0.15, 0.2) is 83.2 Å². The number of unbranched alkanes of at least 4 members (excludes halogenated alkanes) is 12. The van der Waals surface area contributed by atoms with E-state index < -0.39 is 7.60 Å². The minimum atomic E-state index is -4.26. The highest BCUT2D eigenvalue weighted by Crippen LogP contribution is 2.54. The van der Waals surface area contributed by atoms with Crippen molar-refractivity contribution in [1.82, 2.24) is 0 Å². The lowest BCUT2D eigenvalue weighted by Gasteiger charge is -2.19. The third kappa shape index (κ3) is 13.2. The fourth-order valence-electron chi connectivity index (χ4n) is 7.67. The summed E-state index contributed by atoms with van der Waals surface area (Å²) in [4.78, 5) is 25.9. The molecule has 0 saturated carbocycles. The van der Waals surface area contributed by atoms with Crippen molar-refractivity contribution in [2.24, 2.45) is 0 Å². The third-order valence-electron chi connectivity index (χ3n) is 11.2. The molecule has 1 atom stereocenters. The fraction of sp³-hybridized carbons (Fsp3) is 0.480. The molecule has 0 fully saturated rings. The molecule has 2 N–H and O–H groups in total. The lowest BCUT2D eigenvalue weighted by Crippen LogP contribution is -2.04. The SMILES string of the molecule is CCCCCCCCC#Cc1ccc(C2=CCC(c3ccc(-c4cc(OCCCCCC)c(C5=CC=C(C6=CC=C(P(=O)(O)O)C6)C5)cc4OCCCCCC)s3)S2)s1. The van der Waals surface area contributed by atoms with Crippen LogP contribution < -0.4 is 9.47 Å². The Labute approximate surface area is 366 Å². The first-order valence-electron chi connectivity index (χ1n) is 22.1. The Hall–Kier alpha value is -3.02. The Morgan fingerprint density at radius 2 is 1.29 bits per heavy atom. The predicted octanol–water partition coefficient (Wildman–Crippen LogP) is 15.8. The number of benzene rings is 1. The molecule has 59 heavy (non-hydrogen) atoms. The van der Waals surface area contributed by atoms with Crippen molar-refractivity contribution < 1.29 is 23.8 Å². The van der Waals surface area contributed by atoms with E-state index in [2.05, 4.69) is 87.2 Å². The number of thioether (sulfide) groups is 1. The Kier molecular flexibility index (Phi) is 17.9. The highest BCUT2D eigenvalue weighted by molar-refractivity contribution is 8.09. The van der Waals surface area contributed by atoms with E-state index in [4.69, 9.17) is 9.47 Å². The van der Waals surface area contributed by atoms with Gasteiger partial charge in [-0.15, -0.1) is 34.4 Å². The molecule has 2 aromatic heterocycles. The normalized spacial score (nSPS) is 16.4. The van der Waals surface area contributed by atoms with Crippen molar-refractivity contribution in [3.8, 4) is 33.8 Å². The Bertz CT molecular complexity index is 2130. The van der Waals surface area contributed by atoms with Crippen LogP contribution in [0.4, 0.5) is 0 Å². The van der Waals surface area contributed by atoms with E-state index >= 15 is 0 Å². The quantitative estimate of drug-likeness (QED) is 0.0531. The maximum atomic E-state index is 12.0. The average molecular weight is 871 g/mol. The first kappa shape index (κ1) is 45.5. The average Bonchev–Trinajstić information content (AvgIpc) is 4.08. The van der Waals surface area contributed by atoms with Gasteiger partial charge in [0.1, 0.15) is 11.5 Å². The maximum Gasteiger partial charge on any atom is 0.352 e. The lowest BCUT2D eigenvalue weighted by atomic mass is 9.96. The third-order valence-corrected chi connectivity index (χ3v) is 16.1. The summed E-state index contributed by atoms with van der Waals surface area (Å²) in [6.07, 6.45) is 29.9. The summed E-state index contributed by atoms with van der Waals surface area (Å²) >= 11 is 5.65. The van der Waals surface area contributed by atoms with E-state index in [9.17, 15) is 14.4 Å². The lowest BCUT2D eigenvalue weighted by molar-refractivity contribution is 0.297. The Balaban J connectivity index is 1.17. The van der Waals surface area contributed by atoms with E-state index in [1.807, 2.05) is 40.5 Å². The molecule has 316 valence electrons. The van der Waals surface area contributed by atoms with Crippen LogP contribution in [-0.2, 0) is 4.57 Å². The maximum absolute atomic E-state index is 12.0. The van der Waals surface area contributed by atoms with Crippen molar-refractivity contribution in [3.63, 3.8) is 0 Å². The van der Waals surface area contributed by atoms with Crippen LogP contribution in [0.1, 0.15) is 162 Å². The van der Waals surface area contributed by atoms with E-state index in [0.29, 0.717) is 24.9 Å². The summed E-state index contributed by atoms with van der Waals surface area (Å²) in [6.45, 7) is 8.03. The van der Waals surface area contributed by atoms with E-state index in [1.54, 1.807) is 6.08 Å². The number of thiophene rings is 2. The summed E-state index contributed by atoms with van der Waals surface area (Å²) in [6, 6.07) is 13.4. The van der Waals surface area contributed by atoms with Crippen LogP contribution in [0.25, 0.3) is 20.9 Å². The fourth-order valence-corrected chi connectivity index (χ4v) is 11.8. The molecule has 0 spiro atoms. The highest BCUT2D eigenvalue weighted by atomic mass is 32.2. The van der Waals surface area contributed by atoms with Crippen LogP contribution >= 0.6 is 42.0 Å². The zero-order valence-electron chi connectivity index (χ0n) is 35.4. The van der Waals surface area contributed by atoms with Gasteiger partial charge in [-0.3, -0.25) is 4.57 Å². The molecule has 6 rings (SSSR count). The molecule has 1 aliphatic heterocycles. The second-order valence-electron chi connectivity index (χ2n) is 15.9. The summed E-state index contributed by atoms with van der Waals surface area (Å²) in [7, 11) is -4.26. The zero-order valence-corrected chi connectivity index (χ0v) is 38.7. The summed E-state index contributed by atoms with van der Waals surface area (Å²) < 4.78 is 25.3. The van der Waals surface area contributed by atoms with Crippen LogP contribution in [0.2, 0.25) is 0 Å². The minimum absolute atomic E-state index is 0.180. The van der Waals surface area contributed by atoms with Crippen molar-refractivity contribution in [1.29, 1.82) is 0 Å². The standard InChI is InChI=1S/C50H63O5PS3/c1-4-7-10-13-14-15-16-17-20-41-25-26-47(57-41)48-29-30-50(59-48)49-28-27-46(58-49)43-36-44(54-31-18-11-8-5-2)42(35-45(43)55-32-19-12-9-6-3)39-22-21-37(33-39)38-23-24-40(34-38)56(51,52)53/h21-29,35-36,50H,4-16,18-19,30-34H2,1-3H3,(H2,51,52,53). The molecule has 0 bridgehead atoms. The van der Waals surface area contributed by atoms with Crippen molar-refractivity contribution in [3.05, 3.63) is 103 Å². The first-order valence-corrected chi connectivity index (χ1v) is 26.3. The van der Waals surface area contributed by atoms with Gasteiger partial charge in [-0.1, -0.05) is 134 Å². The second kappa shape index (κ2) is 23.3. The van der Waals surface area contributed by atoms with Gasteiger partial charge in [0.05, 0.1) is 18.1 Å². The Morgan fingerprint density at radius 3 is 2.00 bits per heavy atom. The highest BCUT2D eigenvalue weighted by Gasteiger charge is 2.28. The first-order chi connectivity index (χ1) is 28.8. The summed E-state index contributed by atoms with van der Waals surface area (Å²) in [5.74, 6) is 8.59. The topological polar surface area (TPSA) is 76.0 Å². The number of allylic oxidation sites excluding steroid dienone is 9. The van der Waals surface area contributed by atoms with Crippen LogP contribution in [0.3, 0.4) is 0 Å². The molecule has 2 aliphatic carbocycles. The molecular formula is C50H63O5PS3. The van der Waals surface area contributed by atoms with Crippen molar-refractivity contribution in [2.45, 2.75) is 142 Å². The van der Waals surface area contributed by atoms with Gasteiger partial charge >= 0.3 is 7.60 Å². The molecular weight excluding hydrogens is 808 g/mol. The molecule has 1 unspecified atom stereocenters. The Morgan fingerprint density at radius 1 is 0.678 bits per heavy atom. The molecule has 1 aromatic carbocycles. The van der Waals surface area contributed by atoms with Gasteiger partial charge in [0, 0.05) is 54.1 Å². The van der Waals surface area contributed by atoms with Gasteiger partial charge in [0.15, 0.2) is 0 Å². The van der Waals surface area contributed by atoms with Gasteiger partial charge in [-0.2, -0.15) is 0 Å². The van der Waals surface area contributed by atoms with Gasteiger partial charge in [0.2, 0.25) is 0 Å². The predicted molar refractivity (Wildman–Crippen MR) is 255 cm³/mol. The number of rotatable bonds is 24. The zero-order chi connectivity index (χ0) is 41.5. The van der Waals surface area contributed by atoms with Crippen LogP contribution in [0.5, 0.6) is 11.5 Å². The van der Waals surface area contributed by atoms with E-state index in [1.165, 1.54) is 83.7 Å². The molecule has 5 nitrogen and oxygen atoms in total. The summed E-state index contributed by atoms with van der Waals surface area (Å²) in [5.41, 5.74) is 5.27. The number of hydrogen-bond donors (Lipinski definition) is 2. The van der Waals surface area contributed by atoms with Gasteiger partial charge in [-0.05, 0) is 85.2 Å². The largest absolute Gasteiger partial charge is 0.493 e. The molecule has 0 saturated heterocycles. The van der Waals surface area contributed by atoms with E-state index in [0.717, 1.165) is 82.7 Å².